The second kappa shape index (κ2) is 5.92. The molecule has 0 radical (unpaired) electrons. The highest BCUT2D eigenvalue weighted by Gasteiger charge is 2.10. The van der Waals surface area contributed by atoms with E-state index in [0.29, 0.717) is 16.7 Å². The zero-order valence-electron chi connectivity index (χ0n) is 12.6. The molecule has 0 spiro atoms. The van der Waals surface area contributed by atoms with Crippen LogP contribution in [0.4, 0.5) is 5.69 Å². The Morgan fingerprint density at radius 2 is 2.04 bits per heavy atom. The van der Waals surface area contributed by atoms with Gasteiger partial charge in [0, 0.05) is 17.7 Å². The maximum absolute atomic E-state index is 12.5. The average molecular weight is 324 g/mol. The predicted molar refractivity (Wildman–Crippen MR) is 88.5 cm³/mol. The van der Waals surface area contributed by atoms with Gasteiger partial charge in [-0.2, -0.15) is 9.78 Å². The van der Waals surface area contributed by atoms with Crippen LogP contribution in [-0.4, -0.2) is 25.9 Å². The van der Waals surface area contributed by atoms with E-state index >= 15 is 0 Å². The molecule has 2 aromatic carbocycles. The molecule has 24 heavy (non-hydrogen) atoms. The minimum absolute atomic E-state index is 0.128. The Morgan fingerprint density at radius 1 is 1.29 bits per heavy atom. The van der Waals surface area contributed by atoms with Gasteiger partial charge >= 0.3 is 0 Å². The molecule has 1 heterocycles. The van der Waals surface area contributed by atoms with E-state index in [1.807, 2.05) is 0 Å². The molecule has 3 aromatic rings. The lowest BCUT2D eigenvalue weighted by Gasteiger charge is -2.05. The Balaban J connectivity index is 2.10. The molecule has 1 N–H and O–H groups in total. The summed E-state index contributed by atoms with van der Waals surface area (Å²) in [5, 5.41) is 25.0. The van der Waals surface area contributed by atoms with Gasteiger partial charge < -0.3 is 5.11 Å². The van der Waals surface area contributed by atoms with Gasteiger partial charge in [0.25, 0.3) is 11.2 Å². The van der Waals surface area contributed by atoms with Gasteiger partial charge in [-0.3, -0.25) is 14.9 Å². The first kappa shape index (κ1) is 15.3. The highest BCUT2D eigenvalue weighted by atomic mass is 16.6. The first-order chi connectivity index (χ1) is 11.5. The van der Waals surface area contributed by atoms with E-state index in [1.54, 1.807) is 31.2 Å². The molecule has 3 rings (SSSR count). The Hall–Kier alpha value is -3.55. The molecule has 1 aromatic heterocycles. The molecule has 0 fully saturated rings. The number of phenols is 1. The lowest BCUT2D eigenvalue weighted by molar-refractivity contribution is -0.384. The van der Waals surface area contributed by atoms with Crippen molar-refractivity contribution in [3.8, 4) is 5.75 Å². The van der Waals surface area contributed by atoms with Crippen molar-refractivity contribution < 1.29 is 10.0 Å². The highest BCUT2D eigenvalue weighted by Crippen LogP contribution is 2.21. The molecule has 0 atom stereocenters. The third-order valence-corrected chi connectivity index (χ3v) is 3.45. The van der Waals surface area contributed by atoms with Crippen molar-refractivity contribution >= 4 is 22.8 Å². The number of para-hydroxylation sites is 1. The number of nitro benzene ring substituents is 1. The number of fused-ring (bicyclic) bond motifs is 1. The molecule has 0 aliphatic carbocycles. The number of phenolic OH excluding ortho intramolecular Hbond substituents is 1. The van der Waals surface area contributed by atoms with Crippen LogP contribution in [0.15, 0.2) is 52.4 Å². The fourth-order valence-electron chi connectivity index (χ4n) is 2.25. The van der Waals surface area contributed by atoms with Crippen molar-refractivity contribution in [3.63, 3.8) is 0 Å². The van der Waals surface area contributed by atoms with Crippen LogP contribution < -0.4 is 5.56 Å². The number of non-ortho nitro benzene ring substituents is 1. The molecule has 0 saturated heterocycles. The topological polar surface area (TPSA) is 111 Å². The summed E-state index contributed by atoms with van der Waals surface area (Å²) in [4.78, 5) is 27.0. The van der Waals surface area contributed by atoms with E-state index in [-0.39, 0.29) is 22.6 Å². The zero-order chi connectivity index (χ0) is 17.3. The molecular formula is C16H12N4O4. The lowest BCUT2D eigenvalue weighted by atomic mass is 10.2. The molecule has 0 unspecified atom stereocenters. The van der Waals surface area contributed by atoms with Crippen molar-refractivity contribution in [3.05, 3.63) is 74.3 Å². The maximum Gasteiger partial charge on any atom is 0.282 e. The van der Waals surface area contributed by atoms with Gasteiger partial charge in [0.15, 0.2) is 0 Å². The molecule has 0 aliphatic rings. The van der Waals surface area contributed by atoms with Crippen LogP contribution in [0.3, 0.4) is 0 Å². The van der Waals surface area contributed by atoms with Crippen LogP contribution in [0.5, 0.6) is 5.75 Å². The zero-order valence-corrected chi connectivity index (χ0v) is 12.6. The smallest absolute Gasteiger partial charge is 0.282 e. The largest absolute Gasteiger partial charge is 0.507 e. The van der Waals surface area contributed by atoms with E-state index in [2.05, 4.69) is 10.1 Å². The summed E-state index contributed by atoms with van der Waals surface area (Å²) in [7, 11) is 0. The first-order valence-electron chi connectivity index (χ1n) is 6.97. The third kappa shape index (κ3) is 2.72. The van der Waals surface area contributed by atoms with Crippen LogP contribution in [-0.2, 0) is 0 Å². The number of aromatic hydroxyl groups is 1. The van der Waals surface area contributed by atoms with Gasteiger partial charge in [-0.15, -0.1) is 0 Å². The molecule has 0 amide bonds. The number of aromatic nitrogens is 2. The average Bonchev–Trinajstić information content (AvgIpc) is 2.56. The second-order valence-electron chi connectivity index (χ2n) is 5.04. The van der Waals surface area contributed by atoms with Crippen LogP contribution in [0, 0.1) is 17.0 Å². The summed E-state index contributed by atoms with van der Waals surface area (Å²) in [6, 6.07) is 10.4. The number of nitrogens with zero attached hydrogens (tertiary/aromatic N) is 4. The second-order valence-corrected chi connectivity index (χ2v) is 5.04. The SMILES string of the molecule is Cc1nc2ccccc2c(=O)n1/N=C\c1cc([N+](=O)[O-])ccc1O. The van der Waals surface area contributed by atoms with Crippen molar-refractivity contribution in [2.45, 2.75) is 6.92 Å². The first-order valence-corrected chi connectivity index (χ1v) is 6.97. The summed E-state index contributed by atoms with van der Waals surface area (Å²) in [6.07, 6.45) is 1.19. The normalized spacial score (nSPS) is 11.2. The molecule has 0 aliphatic heterocycles. The predicted octanol–water partition coefficient (Wildman–Crippen LogP) is 2.20. The van der Waals surface area contributed by atoms with E-state index in [1.165, 1.54) is 24.4 Å². The van der Waals surface area contributed by atoms with Crippen LogP contribution in [0.25, 0.3) is 10.9 Å². The quantitative estimate of drug-likeness (QED) is 0.451. The van der Waals surface area contributed by atoms with Gasteiger partial charge in [0.2, 0.25) is 0 Å². The van der Waals surface area contributed by atoms with Gasteiger partial charge in [0.1, 0.15) is 11.6 Å². The van der Waals surface area contributed by atoms with Crippen LogP contribution in [0.2, 0.25) is 0 Å². The van der Waals surface area contributed by atoms with Crippen molar-refractivity contribution in [2.24, 2.45) is 5.10 Å². The van der Waals surface area contributed by atoms with Crippen molar-refractivity contribution in [1.29, 1.82) is 0 Å². The summed E-state index contributed by atoms with van der Waals surface area (Å²) in [5.74, 6) is 0.184. The highest BCUT2D eigenvalue weighted by molar-refractivity contribution is 5.84. The Morgan fingerprint density at radius 3 is 2.79 bits per heavy atom. The van der Waals surface area contributed by atoms with E-state index in [0.717, 1.165) is 4.68 Å². The third-order valence-electron chi connectivity index (χ3n) is 3.45. The molecule has 8 nitrogen and oxygen atoms in total. The van der Waals surface area contributed by atoms with Gasteiger partial charge in [-0.05, 0) is 25.1 Å². The minimum Gasteiger partial charge on any atom is -0.507 e. The van der Waals surface area contributed by atoms with Gasteiger partial charge in [-0.25, -0.2) is 4.98 Å². The monoisotopic (exact) mass is 324 g/mol. The summed E-state index contributed by atoms with van der Waals surface area (Å²) < 4.78 is 1.08. The molecule has 0 bridgehead atoms. The Bertz CT molecular complexity index is 1040. The molecular weight excluding hydrogens is 312 g/mol. The summed E-state index contributed by atoms with van der Waals surface area (Å²) >= 11 is 0. The number of hydrogen-bond acceptors (Lipinski definition) is 6. The molecule has 0 saturated carbocycles. The lowest BCUT2D eigenvalue weighted by Crippen LogP contribution is -2.20. The minimum atomic E-state index is -0.578. The maximum atomic E-state index is 12.5. The van der Waals surface area contributed by atoms with Gasteiger partial charge in [0.05, 0.1) is 22.0 Å². The number of nitro groups is 1. The van der Waals surface area contributed by atoms with Crippen molar-refractivity contribution in [2.75, 3.05) is 0 Å². The standard InChI is InChI=1S/C16H12N4O4/c1-10-18-14-5-3-2-4-13(14)16(22)19(10)17-9-11-8-12(20(23)24)6-7-15(11)21/h2-9,21H,1H3/b17-9-. The van der Waals surface area contributed by atoms with Crippen LogP contribution in [0.1, 0.15) is 11.4 Å². The van der Waals surface area contributed by atoms with E-state index in [9.17, 15) is 20.0 Å². The van der Waals surface area contributed by atoms with E-state index in [4.69, 9.17) is 0 Å². The molecule has 8 heteroatoms. The number of aryl methyl sites for hydroxylation is 1. The van der Waals surface area contributed by atoms with Gasteiger partial charge in [-0.1, -0.05) is 12.1 Å². The number of hydrogen-bond donors (Lipinski definition) is 1. The summed E-state index contributed by atoms with van der Waals surface area (Å²) in [5.41, 5.74) is 0.141. The van der Waals surface area contributed by atoms with Crippen molar-refractivity contribution in [1.82, 2.24) is 9.66 Å². The van der Waals surface area contributed by atoms with Crippen LogP contribution >= 0.6 is 0 Å². The fourth-order valence-corrected chi connectivity index (χ4v) is 2.25. The number of benzene rings is 2. The number of rotatable bonds is 3. The Kier molecular flexibility index (Phi) is 3.78. The summed E-state index contributed by atoms with van der Waals surface area (Å²) in [6.45, 7) is 1.62. The Labute approximate surface area is 135 Å². The molecule has 120 valence electrons. The fraction of sp³-hybridized carbons (Fsp3) is 0.0625. The van der Waals surface area contributed by atoms with E-state index < -0.39 is 4.92 Å².